The van der Waals surface area contributed by atoms with Crippen LogP contribution in [-0.4, -0.2) is 24.2 Å². The molecule has 2 rings (SSSR count). The van der Waals surface area contributed by atoms with E-state index in [9.17, 15) is 4.79 Å². The minimum absolute atomic E-state index is 0.187. The van der Waals surface area contributed by atoms with Gasteiger partial charge in [0.2, 0.25) is 5.88 Å². The predicted molar refractivity (Wildman–Crippen MR) is 82.9 cm³/mol. The van der Waals surface area contributed by atoms with Gasteiger partial charge in [0.05, 0.1) is 12.1 Å². The van der Waals surface area contributed by atoms with Crippen molar-refractivity contribution in [1.82, 2.24) is 4.98 Å². The number of hydrogen-bond donors (Lipinski definition) is 0. The summed E-state index contributed by atoms with van der Waals surface area (Å²) in [6, 6.07) is 8.29. The first-order chi connectivity index (χ1) is 10.5. The quantitative estimate of drug-likeness (QED) is 0.765. The molecule has 0 spiro atoms. The molecule has 7 heteroatoms. The van der Waals surface area contributed by atoms with Crippen LogP contribution in [0.2, 0.25) is 10.0 Å². The first-order valence-corrected chi connectivity index (χ1v) is 7.09. The van der Waals surface area contributed by atoms with Gasteiger partial charge in [-0.25, -0.2) is 9.78 Å². The summed E-state index contributed by atoms with van der Waals surface area (Å²) in [5.41, 5.74) is 0. The molecular weight excluding hydrogens is 329 g/mol. The van der Waals surface area contributed by atoms with Crippen LogP contribution in [0, 0.1) is 0 Å². The van der Waals surface area contributed by atoms with Gasteiger partial charge in [-0.15, -0.1) is 0 Å². The summed E-state index contributed by atoms with van der Waals surface area (Å²) in [6.45, 7) is 1.59. The zero-order valence-corrected chi connectivity index (χ0v) is 13.4. The number of benzene rings is 1. The van der Waals surface area contributed by atoms with Crippen LogP contribution in [0.4, 0.5) is 0 Å². The van der Waals surface area contributed by atoms with Gasteiger partial charge in [-0.1, -0.05) is 29.3 Å². The van der Waals surface area contributed by atoms with E-state index >= 15 is 0 Å². The van der Waals surface area contributed by atoms with E-state index in [1.54, 1.807) is 37.3 Å². The molecule has 0 saturated carbocycles. The molecule has 0 aliphatic heterocycles. The lowest BCUT2D eigenvalue weighted by Gasteiger charge is -2.13. The van der Waals surface area contributed by atoms with E-state index in [1.807, 2.05) is 0 Å². The van der Waals surface area contributed by atoms with Gasteiger partial charge in [0.15, 0.2) is 6.10 Å². The van der Waals surface area contributed by atoms with Gasteiger partial charge in [0.25, 0.3) is 0 Å². The molecular formula is C15H13Cl2NO4. The Morgan fingerprint density at radius 2 is 1.95 bits per heavy atom. The maximum atomic E-state index is 11.4. The van der Waals surface area contributed by atoms with Crippen molar-refractivity contribution in [3.05, 3.63) is 46.6 Å². The van der Waals surface area contributed by atoms with Gasteiger partial charge < -0.3 is 14.2 Å². The number of nitrogens with zero attached hydrogens (tertiary/aromatic N) is 1. The van der Waals surface area contributed by atoms with Crippen LogP contribution in [0.3, 0.4) is 0 Å². The van der Waals surface area contributed by atoms with E-state index in [-0.39, 0.29) is 10.9 Å². The fourth-order valence-corrected chi connectivity index (χ4v) is 1.90. The van der Waals surface area contributed by atoms with Crippen LogP contribution in [0.15, 0.2) is 36.5 Å². The van der Waals surface area contributed by atoms with Gasteiger partial charge in [-0.3, -0.25) is 0 Å². The van der Waals surface area contributed by atoms with Crippen molar-refractivity contribution < 1.29 is 19.0 Å². The van der Waals surface area contributed by atoms with Crippen molar-refractivity contribution in [2.45, 2.75) is 13.0 Å². The zero-order chi connectivity index (χ0) is 16.1. The van der Waals surface area contributed by atoms with Crippen molar-refractivity contribution in [1.29, 1.82) is 0 Å². The number of rotatable bonds is 5. The average molecular weight is 342 g/mol. The van der Waals surface area contributed by atoms with E-state index in [0.717, 1.165) is 0 Å². The van der Waals surface area contributed by atoms with Gasteiger partial charge in [-0.2, -0.15) is 0 Å². The number of halogens is 2. The number of aromatic nitrogens is 1. The van der Waals surface area contributed by atoms with E-state index < -0.39 is 12.1 Å². The molecule has 0 saturated heterocycles. The summed E-state index contributed by atoms with van der Waals surface area (Å²) >= 11 is 11.9. The molecule has 0 bridgehead atoms. The fraction of sp³-hybridized carbons (Fsp3) is 0.200. The highest BCUT2D eigenvalue weighted by atomic mass is 35.5. The van der Waals surface area contributed by atoms with Crippen LogP contribution >= 0.6 is 23.2 Å². The third kappa shape index (κ3) is 4.02. The number of hydrogen-bond acceptors (Lipinski definition) is 5. The minimum atomic E-state index is -0.729. The Balaban J connectivity index is 2.15. The second-order valence-electron chi connectivity index (χ2n) is 4.27. The van der Waals surface area contributed by atoms with Crippen LogP contribution in [0.1, 0.15) is 6.92 Å². The fourth-order valence-electron chi connectivity index (χ4n) is 1.61. The largest absolute Gasteiger partial charge is 0.479 e. The van der Waals surface area contributed by atoms with Gasteiger partial charge in [-0.05, 0) is 25.1 Å². The van der Waals surface area contributed by atoms with Crippen molar-refractivity contribution in [2.75, 3.05) is 7.11 Å². The highest BCUT2D eigenvalue weighted by Gasteiger charge is 2.15. The zero-order valence-electron chi connectivity index (χ0n) is 11.9. The summed E-state index contributed by atoms with van der Waals surface area (Å²) in [4.78, 5) is 15.4. The number of carbonyl (C=O) groups excluding carboxylic acids is 1. The predicted octanol–water partition coefficient (Wildman–Crippen LogP) is 4.12. The lowest BCUT2D eigenvalue weighted by atomic mass is 10.3. The molecule has 0 N–H and O–H groups in total. The number of pyridine rings is 1. The molecule has 0 fully saturated rings. The Morgan fingerprint density at radius 1 is 1.23 bits per heavy atom. The Bertz CT molecular complexity index is 678. The topological polar surface area (TPSA) is 57.7 Å². The Morgan fingerprint density at radius 3 is 2.68 bits per heavy atom. The van der Waals surface area contributed by atoms with Crippen molar-refractivity contribution in [2.24, 2.45) is 0 Å². The Labute approximate surface area is 137 Å². The van der Waals surface area contributed by atoms with Crippen molar-refractivity contribution >= 4 is 29.2 Å². The molecule has 22 heavy (non-hydrogen) atoms. The van der Waals surface area contributed by atoms with Crippen molar-refractivity contribution in [3.63, 3.8) is 0 Å². The lowest BCUT2D eigenvalue weighted by molar-refractivity contribution is -0.147. The first kappa shape index (κ1) is 16.4. The normalized spacial score (nSPS) is 11.6. The molecule has 2 aromatic rings. The number of methoxy groups -OCH3 is 1. The monoisotopic (exact) mass is 341 g/mol. The SMILES string of the molecule is COC(=O)C(C)Oc1cccc(Oc2nccc(Cl)c2Cl)c1. The van der Waals surface area contributed by atoms with E-state index in [0.29, 0.717) is 16.5 Å². The highest BCUT2D eigenvalue weighted by molar-refractivity contribution is 6.42. The van der Waals surface area contributed by atoms with E-state index in [2.05, 4.69) is 9.72 Å². The summed E-state index contributed by atoms with van der Waals surface area (Å²) < 4.78 is 15.6. The van der Waals surface area contributed by atoms with Gasteiger partial charge in [0.1, 0.15) is 16.5 Å². The van der Waals surface area contributed by atoms with Crippen LogP contribution in [0.25, 0.3) is 0 Å². The number of carbonyl (C=O) groups is 1. The van der Waals surface area contributed by atoms with Gasteiger partial charge in [0, 0.05) is 12.3 Å². The smallest absolute Gasteiger partial charge is 0.346 e. The summed E-state index contributed by atoms with van der Waals surface area (Å²) in [6.07, 6.45) is 0.761. The molecule has 0 aliphatic carbocycles. The van der Waals surface area contributed by atoms with E-state index in [1.165, 1.54) is 13.3 Å². The molecule has 116 valence electrons. The standard InChI is InChI=1S/C15H13Cl2NO4/c1-9(15(19)20-2)21-10-4-3-5-11(8-10)22-14-13(17)12(16)6-7-18-14/h3-9H,1-2H3. The van der Waals surface area contributed by atoms with Crippen LogP contribution < -0.4 is 9.47 Å². The molecule has 1 aromatic heterocycles. The maximum Gasteiger partial charge on any atom is 0.346 e. The van der Waals surface area contributed by atoms with Crippen molar-refractivity contribution in [3.8, 4) is 17.4 Å². The molecule has 0 amide bonds. The number of esters is 1. The second-order valence-corrected chi connectivity index (χ2v) is 5.06. The highest BCUT2D eigenvalue weighted by Crippen LogP contribution is 2.33. The Hall–Kier alpha value is -1.98. The molecule has 5 nitrogen and oxygen atoms in total. The van der Waals surface area contributed by atoms with Crippen LogP contribution in [0.5, 0.6) is 17.4 Å². The summed E-state index contributed by atoms with van der Waals surface area (Å²) in [5, 5.41) is 0.566. The second kappa shape index (κ2) is 7.33. The van der Waals surface area contributed by atoms with Crippen LogP contribution in [-0.2, 0) is 9.53 Å². The molecule has 1 atom stereocenters. The minimum Gasteiger partial charge on any atom is -0.479 e. The third-order valence-electron chi connectivity index (χ3n) is 2.68. The maximum absolute atomic E-state index is 11.4. The third-order valence-corrected chi connectivity index (χ3v) is 3.45. The molecule has 1 unspecified atom stereocenters. The molecule has 0 radical (unpaired) electrons. The van der Waals surface area contributed by atoms with Gasteiger partial charge >= 0.3 is 5.97 Å². The Kier molecular flexibility index (Phi) is 5.46. The summed E-state index contributed by atoms with van der Waals surface area (Å²) in [5.74, 6) is 0.623. The van der Waals surface area contributed by atoms with E-state index in [4.69, 9.17) is 32.7 Å². The molecule has 1 heterocycles. The molecule has 1 aromatic carbocycles. The first-order valence-electron chi connectivity index (χ1n) is 6.33. The average Bonchev–Trinajstić information content (AvgIpc) is 2.51. The lowest BCUT2D eigenvalue weighted by Crippen LogP contribution is -2.24. The number of ether oxygens (including phenoxy) is 3. The molecule has 0 aliphatic rings. The summed E-state index contributed by atoms with van der Waals surface area (Å²) in [7, 11) is 1.30.